The van der Waals surface area contributed by atoms with Crippen LogP contribution < -0.4 is 14.7 Å². The molecule has 47 heavy (non-hydrogen) atoms. The van der Waals surface area contributed by atoms with Crippen LogP contribution in [0.3, 0.4) is 0 Å². The third kappa shape index (κ3) is 5.55. The van der Waals surface area contributed by atoms with E-state index in [0.717, 1.165) is 82.8 Å². The van der Waals surface area contributed by atoms with Crippen LogP contribution in [0.15, 0.2) is 41.5 Å². The average molecular weight is 645 g/mol. The van der Waals surface area contributed by atoms with Crippen LogP contribution in [0.2, 0.25) is 0 Å². The molecule has 9 heteroatoms. The first-order valence-electron chi connectivity index (χ1n) is 18.2. The van der Waals surface area contributed by atoms with E-state index in [0.29, 0.717) is 24.7 Å². The van der Waals surface area contributed by atoms with Gasteiger partial charge in [-0.1, -0.05) is 31.6 Å². The molecule has 6 rings (SSSR count). The number of Topliss-reactive ketones (excluding diaryl/α,β-unsaturated/α-hetero) is 1. The molecule has 2 heterocycles. The minimum Gasteiger partial charge on any atom is -0.381 e. The predicted molar refractivity (Wildman–Crippen MR) is 189 cm³/mol. The summed E-state index contributed by atoms with van der Waals surface area (Å²) >= 11 is 0. The maximum Gasteiger partial charge on any atom is 0.229 e. The fourth-order valence-electron chi connectivity index (χ4n) is 9.80. The highest BCUT2D eigenvalue weighted by Crippen LogP contribution is 2.65. The number of aliphatic hydroxyl groups is 1. The van der Waals surface area contributed by atoms with Gasteiger partial charge in [0.15, 0.2) is 11.6 Å². The van der Waals surface area contributed by atoms with Crippen molar-refractivity contribution in [2.75, 3.05) is 73.6 Å². The monoisotopic (exact) mass is 644 g/mol. The van der Waals surface area contributed by atoms with Crippen molar-refractivity contribution in [3.63, 3.8) is 0 Å². The Labute approximate surface area is 281 Å². The topological polar surface area (TPSA) is 93.1 Å². The van der Waals surface area contributed by atoms with Crippen LogP contribution in [0.4, 0.5) is 17.6 Å². The number of fused-ring (bicyclic) bond motifs is 5. The zero-order valence-electron chi connectivity index (χ0n) is 29.8. The van der Waals surface area contributed by atoms with Crippen LogP contribution in [0.1, 0.15) is 74.1 Å². The first-order chi connectivity index (χ1) is 22.4. The lowest BCUT2D eigenvalue weighted by Gasteiger charge is -2.55. The van der Waals surface area contributed by atoms with E-state index in [4.69, 9.17) is 9.97 Å². The van der Waals surface area contributed by atoms with Crippen LogP contribution in [0.25, 0.3) is 0 Å². The van der Waals surface area contributed by atoms with E-state index in [2.05, 4.69) is 86.3 Å². The van der Waals surface area contributed by atoms with E-state index in [1.807, 2.05) is 6.08 Å². The largest absolute Gasteiger partial charge is 0.381 e. The number of rotatable bonds is 10. The van der Waals surface area contributed by atoms with Gasteiger partial charge in [0.2, 0.25) is 5.95 Å². The summed E-state index contributed by atoms with van der Waals surface area (Å²) in [5.74, 6) is 3.57. The Hall–Kier alpha value is -3.04. The number of allylic oxidation sites excluding steroid dienone is 6. The van der Waals surface area contributed by atoms with Gasteiger partial charge in [0, 0.05) is 69.3 Å². The number of ketones is 2. The Morgan fingerprint density at radius 2 is 1.68 bits per heavy atom. The lowest BCUT2D eigenvalue weighted by Crippen LogP contribution is -2.58. The van der Waals surface area contributed by atoms with Crippen LogP contribution in [0.5, 0.6) is 0 Å². The third-order valence-corrected chi connectivity index (χ3v) is 12.8. The van der Waals surface area contributed by atoms with Crippen molar-refractivity contribution in [1.29, 1.82) is 0 Å². The van der Waals surface area contributed by atoms with Crippen molar-refractivity contribution in [2.24, 2.45) is 28.6 Å². The first kappa shape index (κ1) is 33.8. The summed E-state index contributed by atoms with van der Waals surface area (Å²) in [5.41, 5.74) is 0.534. The van der Waals surface area contributed by atoms with Gasteiger partial charge in [-0.2, -0.15) is 9.97 Å². The van der Waals surface area contributed by atoms with E-state index in [1.54, 1.807) is 6.08 Å². The molecule has 5 aliphatic rings. The molecule has 0 amide bonds. The molecule has 3 fully saturated rings. The van der Waals surface area contributed by atoms with E-state index >= 15 is 0 Å². The molecule has 0 unspecified atom stereocenters. The molecule has 0 bridgehead atoms. The predicted octanol–water partition coefficient (Wildman–Crippen LogP) is 5.07. The molecule has 256 valence electrons. The molecule has 0 radical (unpaired) electrons. The Morgan fingerprint density at radius 1 is 1.00 bits per heavy atom. The smallest absolute Gasteiger partial charge is 0.229 e. The average Bonchev–Trinajstić information content (AvgIpc) is 3.35. The molecule has 1 saturated heterocycles. The second kappa shape index (κ2) is 12.8. The number of aromatic nitrogens is 2. The maximum absolute atomic E-state index is 14.2. The van der Waals surface area contributed by atoms with Crippen molar-refractivity contribution < 1.29 is 14.7 Å². The lowest BCUT2D eigenvalue weighted by molar-refractivity contribution is -0.154. The Bertz CT molecular complexity index is 1440. The second-order valence-corrected chi connectivity index (χ2v) is 15.0. The summed E-state index contributed by atoms with van der Waals surface area (Å²) in [6.45, 7) is 22.0. The van der Waals surface area contributed by atoms with Gasteiger partial charge < -0.3 is 19.8 Å². The summed E-state index contributed by atoms with van der Waals surface area (Å²) in [6, 6.07) is 2.11. The van der Waals surface area contributed by atoms with E-state index < -0.39 is 11.0 Å². The fourth-order valence-corrected chi connectivity index (χ4v) is 9.80. The van der Waals surface area contributed by atoms with Crippen molar-refractivity contribution in [1.82, 2.24) is 14.9 Å². The normalized spacial score (nSPS) is 33.5. The minimum atomic E-state index is -1.33. The molecular formula is C38H56N6O3. The molecule has 4 aliphatic carbocycles. The highest BCUT2D eigenvalue weighted by molar-refractivity contribution is 6.01. The number of carbonyl (C=O) groups excluding carboxylic acids is 2. The highest BCUT2D eigenvalue weighted by atomic mass is 16.3. The molecule has 2 saturated carbocycles. The fraction of sp³-hybridized carbons (Fsp3) is 0.684. The van der Waals surface area contributed by atoms with Gasteiger partial charge in [-0.25, -0.2) is 0 Å². The summed E-state index contributed by atoms with van der Waals surface area (Å²) in [6.07, 6.45) is 11.0. The van der Waals surface area contributed by atoms with Gasteiger partial charge in [-0.05, 0) is 95.8 Å². The molecule has 1 N–H and O–H groups in total. The number of anilines is 3. The molecule has 9 nitrogen and oxygen atoms in total. The number of hydrogen-bond acceptors (Lipinski definition) is 9. The summed E-state index contributed by atoms with van der Waals surface area (Å²) < 4.78 is 0. The van der Waals surface area contributed by atoms with Crippen molar-refractivity contribution >= 4 is 29.2 Å². The van der Waals surface area contributed by atoms with Crippen LogP contribution in [-0.2, 0) is 9.59 Å². The van der Waals surface area contributed by atoms with Crippen LogP contribution >= 0.6 is 0 Å². The summed E-state index contributed by atoms with van der Waals surface area (Å²) in [4.78, 5) is 45.3. The van der Waals surface area contributed by atoms with Gasteiger partial charge in [0.1, 0.15) is 17.2 Å². The number of hydrogen-bond donors (Lipinski definition) is 1. The van der Waals surface area contributed by atoms with E-state index in [9.17, 15) is 14.7 Å². The van der Waals surface area contributed by atoms with Gasteiger partial charge in [0.05, 0.1) is 6.54 Å². The molecule has 0 aromatic carbocycles. The van der Waals surface area contributed by atoms with E-state index in [-0.39, 0.29) is 29.4 Å². The third-order valence-electron chi connectivity index (χ3n) is 12.8. The van der Waals surface area contributed by atoms with Crippen molar-refractivity contribution in [3.05, 3.63) is 41.5 Å². The number of carbonyl (C=O) groups is 2. The Kier molecular flexibility index (Phi) is 9.20. The van der Waals surface area contributed by atoms with Crippen LogP contribution in [0, 0.1) is 28.6 Å². The van der Waals surface area contributed by atoms with Gasteiger partial charge >= 0.3 is 0 Å². The number of nitrogens with zero attached hydrogens (tertiary/aromatic N) is 6. The molecule has 1 aromatic rings. The van der Waals surface area contributed by atoms with Gasteiger partial charge in [-0.3, -0.25) is 14.5 Å². The van der Waals surface area contributed by atoms with E-state index in [1.165, 1.54) is 11.1 Å². The maximum atomic E-state index is 14.2. The standard InChI is InChI=1S/C38H56N6O3/c1-8-42(9-2)33-24-34(40-35(39-33)43(10-3)11-4)44-20-18-41(19-21-44)25-32(46)38(47)17-14-30-28-22-26(5)31-23-27(45)12-15-36(31,6)29(28)13-16-37(30,38)7/h12-13,15,23-24,26,28,30,47H,8-11,14,16-22,25H2,1-7H3/t26-,28+,30-,36+,37-,38-/m0/s1. The second-order valence-electron chi connectivity index (χ2n) is 15.0. The Morgan fingerprint density at radius 3 is 2.34 bits per heavy atom. The summed E-state index contributed by atoms with van der Waals surface area (Å²) in [5, 5.41) is 12.3. The molecule has 1 aliphatic heterocycles. The number of piperazine rings is 1. The van der Waals surface area contributed by atoms with Gasteiger partial charge in [-0.15, -0.1) is 0 Å². The zero-order valence-corrected chi connectivity index (χ0v) is 29.8. The SMILES string of the molecule is CCN(CC)c1cc(N2CCN(CC(=O)[C@@]3(O)CC[C@H]4[C@@H]5C[C@H](C)C6=CC(=O)C=C[C@]6(C)C5=CC[C@@]43C)CC2)nc(N(CC)CC)n1. The highest BCUT2D eigenvalue weighted by Gasteiger charge is 2.64. The van der Waals surface area contributed by atoms with Crippen molar-refractivity contribution in [2.45, 2.75) is 79.8 Å². The molecule has 1 aromatic heterocycles. The molecule has 0 spiro atoms. The van der Waals surface area contributed by atoms with Crippen LogP contribution in [-0.4, -0.2) is 96.0 Å². The molecular weight excluding hydrogens is 588 g/mol. The molecule has 6 atom stereocenters. The lowest BCUT2D eigenvalue weighted by atomic mass is 9.49. The minimum absolute atomic E-state index is 0.0266. The quantitative estimate of drug-likeness (QED) is 0.351. The summed E-state index contributed by atoms with van der Waals surface area (Å²) in [7, 11) is 0. The van der Waals surface area contributed by atoms with Crippen molar-refractivity contribution in [3.8, 4) is 0 Å². The Balaban J connectivity index is 1.15. The zero-order chi connectivity index (χ0) is 33.7. The van der Waals surface area contributed by atoms with Gasteiger partial charge in [0.25, 0.3) is 0 Å². The first-order valence-corrected chi connectivity index (χ1v) is 18.2.